The summed E-state index contributed by atoms with van der Waals surface area (Å²) in [6, 6.07) is 8.12. The minimum atomic E-state index is 0.569. The van der Waals surface area contributed by atoms with Crippen molar-refractivity contribution in [3.8, 4) is 0 Å². The van der Waals surface area contributed by atoms with Crippen LogP contribution < -0.4 is 15.1 Å². The summed E-state index contributed by atoms with van der Waals surface area (Å²) in [7, 11) is 0. The molecule has 1 saturated heterocycles. The number of rotatable bonds is 5. The molecule has 0 aromatic carbocycles. The van der Waals surface area contributed by atoms with Crippen LogP contribution in [0.25, 0.3) is 0 Å². The second kappa shape index (κ2) is 7.47. The van der Waals surface area contributed by atoms with Gasteiger partial charge in [0, 0.05) is 50.7 Å². The van der Waals surface area contributed by atoms with Crippen LogP contribution in [0.3, 0.4) is 0 Å². The number of hydrogen-bond acceptors (Lipinski definition) is 6. The highest BCUT2D eigenvalue weighted by Crippen LogP contribution is 2.19. The standard InChI is InChI=1S/C18H26N6/c1-14(2)13-20-18-21-15(3)12-17(22-18)24-10-8-23(9-11-24)16-6-4-5-7-19-16/h4-7,12,14H,8-11,13H2,1-3H3,(H,20,21,22). The minimum absolute atomic E-state index is 0.569. The molecule has 2 aromatic rings. The van der Waals surface area contributed by atoms with Gasteiger partial charge in [-0.05, 0) is 25.0 Å². The molecule has 2 aromatic heterocycles. The molecule has 3 heterocycles. The fraction of sp³-hybridized carbons (Fsp3) is 0.500. The van der Waals surface area contributed by atoms with Crippen LogP contribution in [0, 0.1) is 12.8 Å². The maximum Gasteiger partial charge on any atom is 0.224 e. The van der Waals surface area contributed by atoms with E-state index in [0.29, 0.717) is 5.92 Å². The van der Waals surface area contributed by atoms with Crippen LogP contribution in [0.15, 0.2) is 30.5 Å². The van der Waals surface area contributed by atoms with Crippen molar-refractivity contribution in [2.75, 3.05) is 47.8 Å². The average molecular weight is 326 g/mol. The van der Waals surface area contributed by atoms with E-state index in [9.17, 15) is 0 Å². The van der Waals surface area contributed by atoms with Crippen LogP contribution in [0.1, 0.15) is 19.5 Å². The molecule has 3 rings (SSSR count). The lowest BCUT2D eigenvalue weighted by Gasteiger charge is -2.36. The molecule has 0 radical (unpaired) electrons. The summed E-state index contributed by atoms with van der Waals surface area (Å²) in [6.07, 6.45) is 1.85. The second-order valence-electron chi connectivity index (χ2n) is 6.63. The molecule has 6 nitrogen and oxygen atoms in total. The van der Waals surface area contributed by atoms with Gasteiger partial charge in [0.25, 0.3) is 0 Å². The van der Waals surface area contributed by atoms with Crippen molar-refractivity contribution < 1.29 is 0 Å². The summed E-state index contributed by atoms with van der Waals surface area (Å²) in [5, 5.41) is 3.33. The highest BCUT2D eigenvalue weighted by atomic mass is 15.3. The molecule has 6 heteroatoms. The molecule has 0 amide bonds. The zero-order valence-electron chi connectivity index (χ0n) is 14.7. The van der Waals surface area contributed by atoms with E-state index < -0.39 is 0 Å². The Kier molecular flexibility index (Phi) is 5.13. The molecule has 24 heavy (non-hydrogen) atoms. The number of nitrogens with one attached hydrogen (secondary N) is 1. The van der Waals surface area contributed by atoms with Gasteiger partial charge in [0.2, 0.25) is 5.95 Å². The first-order valence-corrected chi connectivity index (χ1v) is 8.62. The average Bonchev–Trinajstić information content (AvgIpc) is 2.60. The van der Waals surface area contributed by atoms with Crippen molar-refractivity contribution in [3.63, 3.8) is 0 Å². The third kappa shape index (κ3) is 4.13. The van der Waals surface area contributed by atoms with E-state index in [1.807, 2.05) is 25.3 Å². The monoisotopic (exact) mass is 326 g/mol. The van der Waals surface area contributed by atoms with Gasteiger partial charge in [0.15, 0.2) is 0 Å². The zero-order valence-corrected chi connectivity index (χ0v) is 14.7. The largest absolute Gasteiger partial charge is 0.354 e. The number of aromatic nitrogens is 3. The third-order valence-electron chi connectivity index (χ3n) is 4.09. The number of hydrogen-bond donors (Lipinski definition) is 1. The maximum atomic E-state index is 4.70. The Labute approximate surface area is 143 Å². The Bertz CT molecular complexity index is 650. The van der Waals surface area contributed by atoms with E-state index in [-0.39, 0.29) is 0 Å². The van der Waals surface area contributed by atoms with Crippen LogP contribution in [-0.2, 0) is 0 Å². The van der Waals surface area contributed by atoms with E-state index in [1.54, 1.807) is 0 Å². The molecule has 1 N–H and O–H groups in total. The summed E-state index contributed by atoms with van der Waals surface area (Å²) >= 11 is 0. The third-order valence-corrected chi connectivity index (χ3v) is 4.09. The molecule has 0 atom stereocenters. The summed E-state index contributed by atoms with van der Waals surface area (Å²) in [4.78, 5) is 18.3. The Balaban J connectivity index is 1.65. The van der Waals surface area contributed by atoms with Crippen LogP contribution in [0.5, 0.6) is 0 Å². The highest BCUT2D eigenvalue weighted by molar-refractivity contribution is 5.48. The molecule has 0 saturated carbocycles. The van der Waals surface area contributed by atoms with Gasteiger partial charge in [-0.3, -0.25) is 0 Å². The van der Waals surface area contributed by atoms with Gasteiger partial charge < -0.3 is 15.1 Å². The van der Waals surface area contributed by atoms with Crippen molar-refractivity contribution in [1.29, 1.82) is 0 Å². The van der Waals surface area contributed by atoms with Gasteiger partial charge in [-0.2, -0.15) is 4.98 Å². The molecular formula is C18H26N6. The van der Waals surface area contributed by atoms with Gasteiger partial charge in [0.1, 0.15) is 11.6 Å². The summed E-state index contributed by atoms with van der Waals surface area (Å²) in [5.41, 5.74) is 0.999. The first-order chi connectivity index (χ1) is 11.6. The fourth-order valence-electron chi connectivity index (χ4n) is 2.79. The van der Waals surface area contributed by atoms with E-state index in [4.69, 9.17) is 4.98 Å². The Hall–Kier alpha value is -2.37. The lowest BCUT2D eigenvalue weighted by molar-refractivity contribution is 0.640. The summed E-state index contributed by atoms with van der Waals surface area (Å²) in [5.74, 6) is 3.36. The predicted octanol–water partition coefficient (Wildman–Crippen LogP) is 2.57. The molecule has 128 valence electrons. The smallest absolute Gasteiger partial charge is 0.224 e. The van der Waals surface area contributed by atoms with Crippen LogP contribution in [-0.4, -0.2) is 47.7 Å². The summed E-state index contributed by atoms with van der Waals surface area (Å²) < 4.78 is 0. The second-order valence-corrected chi connectivity index (χ2v) is 6.63. The molecular weight excluding hydrogens is 300 g/mol. The highest BCUT2D eigenvalue weighted by Gasteiger charge is 2.19. The SMILES string of the molecule is Cc1cc(N2CCN(c3ccccn3)CC2)nc(NCC(C)C)n1. The molecule has 0 spiro atoms. The number of anilines is 3. The number of aryl methyl sites for hydroxylation is 1. The Morgan fingerprint density at radius 1 is 1.04 bits per heavy atom. The normalized spacial score (nSPS) is 15.0. The van der Waals surface area contributed by atoms with Crippen LogP contribution >= 0.6 is 0 Å². The van der Waals surface area contributed by atoms with Crippen molar-refractivity contribution in [2.45, 2.75) is 20.8 Å². The van der Waals surface area contributed by atoms with Crippen molar-refractivity contribution in [3.05, 3.63) is 36.2 Å². The Morgan fingerprint density at radius 3 is 2.38 bits per heavy atom. The predicted molar refractivity (Wildman–Crippen MR) is 98.8 cm³/mol. The molecule has 0 bridgehead atoms. The first-order valence-electron chi connectivity index (χ1n) is 8.62. The van der Waals surface area contributed by atoms with E-state index in [0.717, 1.165) is 56.0 Å². The van der Waals surface area contributed by atoms with E-state index in [2.05, 4.69) is 51.1 Å². The van der Waals surface area contributed by atoms with Gasteiger partial charge in [-0.25, -0.2) is 9.97 Å². The van der Waals surface area contributed by atoms with Crippen molar-refractivity contribution in [2.24, 2.45) is 5.92 Å². The maximum absolute atomic E-state index is 4.70. The number of nitrogens with zero attached hydrogens (tertiary/aromatic N) is 5. The van der Waals surface area contributed by atoms with Gasteiger partial charge in [-0.1, -0.05) is 19.9 Å². The quantitative estimate of drug-likeness (QED) is 0.911. The lowest BCUT2D eigenvalue weighted by atomic mass is 10.2. The number of pyridine rings is 1. The first kappa shape index (κ1) is 16.5. The van der Waals surface area contributed by atoms with Gasteiger partial charge in [0.05, 0.1) is 0 Å². The van der Waals surface area contributed by atoms with Gasteiger partial charge in [-0.15, -0.1) is 0 Å². The molecule has 0 aliphatic carbocycles. The number of piperazine rings is 1. The van der Waals surface area contributed by atoms with Gasteiger partial charge >= 0.3 is 0 Å². The van der Waals surface area contributed by atoms with Crippen LogP contribution in [0.4, 0.5) is 17.6 Å². The van der Waals surface area contributed by atoms with Crippen LogP contribution in [0.2, 0.25) is 0 Å². The minimum Gasteiger partial charge on any atom is -0.354 e. The summed E-state index contributed by atoms with van der Waals surface area (Å²) in [6.45, 7) is 11.1. The fourth-order valence-corrected chi connectivity index (χ4v) is 2.79. The Morgan fingerprint density at radius 2 is 1.75 bits per heavy atom. The van der Waals surface area contributed by atoms with Crippen molar-refractivity contribution in [1.82, 2.24) is 15.0 Å². The van der Waals surface area contributed by atoms with E-state index >= 15 is 0 Å². The van der Waals surface area contributed by atoms with E-state index in [1.165, 1.54) is 0 Å². The molecule has 1 aliphatic heterocycles. The zero-order chi connectivity index (χ0) is 16.9. The molecule has 1 fully saturated rings. The van der Waals surface area contributed by atoms with Crippen molar-refractivity contribution >= 4 is 17.6 Å². The lowest BCUT2D eigenvalue weighted by Crippen LogP contribution is -2.47. The molecule has 1 aliphatic rings. The molecule has 0 unspecified atom stereocenters. The topological polar surface area (TPSA) is 57.2 Å².